The largest absolute Gasteiger partial charge is 0.479 e. The fourth-order valence-electron chi connectivity index (χ4n) is 2.30. The highest BCUT2D eigenvalue weighted by molar-refractivity contribution is 6.05. The number of nitrogens with one attached hydrogen (secondary N) is 1. The molecule has 0 bridgehead atoms. The van der Waals surface area contributed by atoms with Crippen molar-refractivity contribution >= 4 is 23.2 Å². The summed E-state index contributed by atoms with van der Waals surface area (Å²) >= 11 is 0. The third-order valence-electron chi connectivity index (χ3n) is 3.50. The fraction of sp³-hybridized carbons (Fsp3) is 0.188. The number of likely N-dealkylation sites (N-methyl/N-ethyl adjacent to an activating group) is 1. The first-order valence-electron chi connectivity index (χ1n) is 6.86. The van der Waals surface area contributed by atoms with E-state index in [-0.39, 0.29) is 11.8 Å². The van der Waals surface area contributed by atoms with E-state index in [1.165, 1.54) is 4.90 Å². The summed E-state index contributed by atoms with van der Waals surface area (Å²) in [6.45, 7) is 1.71. The third-order valence-corrected chi connectivity index (χ3v) is 3.50. The minimum atomic E-state index is -0.505. The average Bonchev–Trinajstić information content (AvgIpc) is 2.54. The first kappa shape index (κ1) is 14.1. The summed E-state index contributed by atoms with van der Waals surface area (Å²) in [6.07, 6.45) is 2.61. The van der Waals surface area contributed by atoms with Gasteiger partial charge in [0.15, 0.2) is 6.10 Å². The van der Waals surface area contributed by atoms with Gasteiger partial charge in [0.1, 0.15) is 5.75 Å². The van der Waals surface area contributed by atoms with Gasteiger partial charge in [-0.3, -0.25) is 14.6 Å². The van der Waals surface area contributed by atoms with Gasteiger partial charge in [-0.2, -0.15) is 0 Å². The molecule has 0 saturated carbocycles. The Bertz CT molecular complexity index is 731. The molecule has 3 rings (SSSR count). The van der Waals surface area contributed by atoms with Gasteiger partial charge in [0.05, 0.1) is 5.69 Å². The van der Waals surface area contributed by atoms with Crippen molar-refractivity contribution in [3.63, 3.8) is 0 Å². The Morgan fingerprint density at radius 2 is 2.00 bits per heavy atom. The highest BCUT2D eigenvalue weighted by Gasteiger charge is 2.29. The van der Waals surface area contributed by atoms with Gasteiger partial charge >= 0.3 is 0 Å². The molecule has 22 heavy (non-hydrogen) atoms. The molecule has 2 heterocycles. The number of carbonyl (C=O) groups is 2. The smallest absolute Gasteiger partial charge is 0.267 e. The Kier molecular flexibility index (Phi) is 3.50. The molecule has 1 unspecified atom stereocenters. The number of aromatic nitrogens is 1. The first-order valence-corrected chi connectivity index (χ1v) is 6.86. The van der Waals surface area contributed by atoms with Gasteiger partial charge in [-0.25, -0.2) is 0 Å². The topological polar surface area (TPSA) is 71.5 Å². The van der Waals surface area contributed by atoms with Gasteiger partial charge in [0.25, 0.3) is 11.8 Å². The Morgan fingerprint density at radius 1 is 1.27 bits per heavy atom. The molecule has 1 N–H and O–H groups in total. The van der Waals surface area contributed by atoms with Gasteiger partial charge in [-0.05, 0) is 37.3 Å². The van der Waals surface area contributed by atoms with Crippen LogP contribution >= 0.6 is 0 Å². The summed E-state index contributed by atoms with van der Waals surface area (Å²) in [5.74, 6) is 0.267. The van der Waals surface area contributed by atoms with E-state index >= 15 is 0 Å². The maximum absolute atomic E-state index is 12.1. The number of hydrogen-bond donors (Lipinski definition) is 1. The number of hydrogen-bond acceptors (Lipinski definition) is 4. The van der Waals surface area contributed by atoms with E-state index in [2.05, 4.69) is 10.3 Å². The standard InChI is InChI=1S/C16H15N3O3/c1-10-16(21)19(2)13-9-12(3-4-14(13)22-10)18-15(20)11-5-7-17-8-6-11/h3-10H,1-2H3,(H,18,20). The lowest BCUT2D eigenvalue weighted by Gasteiger charge is -2.30. The Morgan fingerprint density at radius 3 is 2.73 bits per heavy atom. The van der Waals surface area contributed by atoms with Crippen molar-refractivity contribution < 1.29 is 14.3 Å². The number of rotatable bonds is 2. The Hall–Kier alpha value is -2.89. The van der Waals surface area contributed by atoms with Gasteiger partial charge < -0.3 is 15.0 Å². The van der Waals surface area contributed by atoms with Gasteiger partial charge in [0.2, 0.25) is 0 Å². The summed E-state index contributed by atoms with van der Waals surface area (Å²) < 4.78 is 5.55. The second-order valence-electron chi connectivity index (χ2n) is 5.03. The normalized spacial score (nSPS) is 16.7. The van der Waals surface area contributed by atoms with Crippen LogP contribution in [0.3, 0.4) is 0 Å². The van der Waals surface area contributed by atoms with E-state index < -0.39 is 6.10 Å². The number of benzene rings is 1. The van der Waals surface area contributed by atoms with E-state index in [4.69, 9.17) is 4.74 Å². The van der Waals surface area contributed by atoms with E-state index in [1.54, 1.807) is 56.7 Å². The fourth-order valence-corrected chi connectivity index (χ4v) is 2.30. The summed E-state index contributed by atoms with van der Waals surface area (Å²) in [6, 6.07) is 8.48. The highest BCUT2D eigenvalue weighted by Crippen LogP contribution is 2.35. The van der Waals surface area contributed by atoms with Crippen LogP contribution in [-0.4, -0.2) is 29.9 Å². The molecule has 1 aromatic heterocycles. The van der Waals surface area contributed by atoms with Gasteiger partial charge in [0, 0.05) is 30.7 Å². The number of anilines is 2. The van der Waals surface area contributed by atoms with Crippen LogP contribution < -0.4 is 15.0 Å². The monoisotopic (exact) mass is 297 g/mol. The molecule has 112 valence electrons. The molecule has 1 aliphatic heterocycles. The highest BCUT2D eigenvalue weighted by atomic mass is 16.5. The summed E-state index contributed by atoms with van der Waals surface area (Å²) in [5.41, 5.74) is 1.75. The van der Waals surface area contributed by atoms with E-state index in [0.717, 1.165) is 0 Å². The number of ether oxygens (including phenoxy) is 1. The molecule has 0 spiro atoms. The lowest BCUT2D eigenvalue weighted by Crippen LogP contribution is -2.41. The molecular formula is C16H15N3O3. The predicted octanol–water partition coefficient (Wildman–Crippen LogP) is 2.08. The first-order chi connectivity index (χ1) is 10.6. The maximum atomic E-state index is 12.1. The third kappa shape index (κ3) is 2.50. The molecule has 6 heteroatoms. The zero-order valence-electron chi connectivity index (χ0n) is 12.2. The molecule has 2 amide bonds. The number of fused-ring (bicyclic) bond motifs is 1. The SMILES string of the molecule is CC1Oc2ccc(NC(=O)c3ccncc3)cc2N(C)C1=O. The molecule has 0 aliphatic carbocycles. The van der Waals surface area contributed by atoms with Crippen LogP contribution in [0.4, 0.5) is 11.4 Å². The number of nitrogens with zero attached hydrogens (tertiary/aromatic N) is 2. The summed E-state index contributed by atoms with van der Waals surface area (Å²) in [4.78, 5) is 29.5. The van der Waals surface area contributed by atoms with E-state index in [9.17, 15) is 9.59 Å². The second-order valence-corrected chi connectivity index (χ2v) is 5.03. The van der Waals surface area contributed by atoms with Crippen molar-refractivity contribution in [2.45, 2.75) is 13.0 Å². The number of carbonyl (C=O) groups excluding carboxylic acids is 2. The lowest BCUT2D eigenvalue weighted by molar-refractivity contribution is -0.125. The molecule has 1 atom stereocenters. The average molecular weight is 297 g/mol. The van der Waals surface area contributed by atoms with Crippen LogP contribution in [-0.2, 0) is 4.79 Å². The van der Waals surface area contributed by atoms with Gasteiger partial charge in [-0.1, -0.05) is 0 Å². The molecule has 0 fully saturated rings. The lowest BCUT2D eigenvalue weighted by atomic mass is 10.1. The van der Waals surface area contributed by atoms with Crippen molar-refractivity contribution in [2.75, 3.05) is 17.3 Å². The quantitative estimate of drug-likeness (QED) is 0.921. The van der Waals surface area contributed by atoms with Crippen LogP contribution in [0, 0.1) is 0 Å². The number of amides is 2. The molecule has 2 aromatic rings. The van der Waals surface area contributed by atoms with E-state index in [1.807, 2.05) is 0 Å². The van der Waals surface area contributed by atoms with Gasteiger partial charge in [-0.15, -0.1) is 0 Å². The van der Waals surface area contributed by atoms with Crippen LogP contribution in [0.5, 0.6) is 5.75 Å². The van der Waals surface area contributed by atoms with Crippen molar-refractivity contribution in [1.29, 1.82) is 0 Å². The van der Waals surface area contributed by atoms with Crippen LogP contribution in [0.2, 0.25) is 0 Å². The second kappa shape index (κ2) is 5.48. The number of pyridine rings is 1. The van der Waals surface area contributed by atoms with Crippen molar-refractivity contribution in [3.8, 4) is 5.75 Å². The van der Waals surface area contributed by atoms with E-state index in [0.29, 0.717) is 22.7 Å². The minimum Gasteiger partial charge on any atom is -0.479 e. The molecule has 1 aliphatic rings. The minimum absolute atomic E-state index is 0.120. The summed E-state index contributed by atoms with van der Waals surface area (Å²) in [7, 11) is 1.69. The summed E-state index contributed by atoms with van der Waals surface area (Å²) in [5, 5.41) is 2.79. The molecular weight excluding hydrogens is 282 g/mol. The molecule has 0 saturated heterocycles. The maximum Gasteiger partial charge on any atom is 0.267 e. The van der Waals surface area contributed by atoms with Crippen LogP contribution in [0.15, 0.2) is 42.7 Å². The predicted molar refractivity (Wildman–Crippen MR) is 82.1 cm³/mol. The zero-order valence-corrected chi connectivity index (χ0v) is 12.2. The Labute approximate surface area is 127 Å². The molecule has 1 aromatic carbocycles. The molecule has 0 radical (unpaired) electrons. The van der Waals surface area contributed by atoms with Crippen molar-refractivity contribution in [2.24, 2.45) is 0 Å². The molecule has 6 nitrogen and oxygen atoms in total. The van der Waals surface area contributed by atoms with Crippen molar-refractivity contribution in [3.05, 3.63) is 48.3 Å². The Balaban J connectivity index is 1.85. The van der Waals surface area contributed by atoms with Crippen LogP contribution in [0.25, 0.3) is 0 Å². The van der Waals surface area contributed by atoms with Crippen molar-refractivity contribution in [1.82, 2.24) is 4.98 Å². The zero-order chi connectivity index (χ0) is 15.7. The van der Waals surface area contributed by atoms with Crippen LogP contribution in [0.1, 0.15) is 17.3 Å².